The van der Waals surface area contributed by atoms with Crippen LogP contribution >= 0.6 is 0 Å². The number of carbonyl (C=O) groups is 2. The molecule has 0 aliphatic rings. The summed E-state index contributed by atoms with van der Waals surface area (Å²) in [5.74, 6) is -1.60. The van der Waals surface area contributed by atoms with Crippen LogP contribution in [0, 0.1) is 0 Å². The first kappa shape index (κ1) is 30.1. The van der Waals surface area contributed by atoms with E-state index in [0.29, 0.717) is 6.61 Å². The van der Waals surface area contributed by atoms with Gasteiger partial charge in [-0.3, -0.25) is 0 Å². The second-order valence-electron chi connectivity index (χ2n) is 9.67. The molecule has 5 nitrogen and oxygen atoms in total. The number of hydrogen-bond acceptors (Lipinski definition) is 3. The van der Waals surface area contributed by atoms with Crippen LogP contribution in [-0.4, -0.2) is 28.6 Å². The van der Waals surface area contributed by atoms with Gasteiger partial charge >= 0.3 is 11.9 Å². The van der Waals surface area contributed by atoms with Crippen LogP contribution in [0.25, 0.3) is 10.9 Å². The maximum absolute atomic E-state index is 12.3. The number of unbranched alkanes of at least 4 members (excludes halogenated alkanes) is 10. The summed E-state index contributed by atoms with van der Waals surface area (Å²) < 4.78 is 5.30. The molecule has 0 saturated carbocycles. The van der Waals surface area contributed by atoms with E-state index in [9.17, 15) is 14.7 Å². The van der Waals surface area contributed by atoms with Crippen LogP contribution in [0.4, 0.5) is 0 Å². The normalized spacial score (nSPS) is 10.6. The second kappa shape index (κ2) is 18.2. The molecule has 0 atom stereocenters. The van der Waals surface area contributed by atoms with Crippen LogP contribution in [0.1, 0.15) is 117 Å². The third-order valence-corrected chi connectivity index (χ3v) is 6.55. The topological polar surface area (TPSA) is 79.4 Å². The molecule has 0 spiro atoms. The lowest BCUT2D eigenvalue weighted by atomic mass is 9.99. The minimum absolute atomic E-state index is 0.0522. The third-order valence-electron chi connectivity index (χ3n) is 6.55. The Morgan fingerprint density at radius 2 is 1.41 bits per heavy atom. The first-order valence-electron chi connectivity index (χ1n) is 14.1. The number of fused-ring (bicyclic) bond motifs is 1. The molecule has 2 aromatic carbocycles. The second-order valence-corrected chi connectivity index (χ2v) is 9.67. The molecule has 0 amide bonds. The van der Waals surface area contributed by atoms with Gasteiger partial charge in [0.2, 0.25) is 0 Å². The van der Waals surface area contributed by atoms with Crippen molar-refractivity contribution in [2.24, 2.45) is 0 Å². The minimum atomic E-state index is -1.07. The van der Waals surface area contributed by atoms with Crippen molar-refractivity contribution in [1.82, 2.24) is 4.98 Å². The molecule has 0 bridgehead atoms. The summed E-state index contributed by atoms with van der Waals surface area (Å²) in [6, 6.07) is 15.4. The van der Waals surface area contributed by atoms with Crippen LogP contribution < -0.4 is 0 Å². The highest BCUT2D eigenvalue weighted by atomic mass is 16.5. The van der Waals surface area contributed by atoms with Crippen molar-refractivity contribution in [2.45, 2.75) is 97.3 Å². The molecular formula is C32H45NO4. The number of rotatable bonds is 16. The molecule has 202 valence electrons. The van der Waals surface area contributed by atoms with E-state index in [1.807, 2.05) is 24.4 Å². The van der Waals surface area contributed by atoms with Crippen LogP contribution in [0.15, 0.2) is 54.7 Å². The Morgan fingerprint density at radius 1 is 0.757 bits per heavy atom. The van der Waals surface area contributed by atoms with Gasteiger partial charge in [-0.15, -0.1) is 0 Å². The summed E-state index contributed by atoms with van der Waals surface area (Å²) in [4.78, 5) is 27.0. The summed E-state index contributed by atoms with van der Waals surface area (Å²) in [5.41, 5.74) is 2.39. The number of aromatic amines is 1. The minimum Gasteiger partial charge on any atom is -0.478 e. The van der Waals surface area contributed by atoms with Gasteiger partial charge in [-0.2, -0.15) is 0 Å². The van der Waals surface area contributed by atoms with E-state index in [4.69, 9.17) is 4.74 Å². The molecule has 3 rings (SSSR count). The number of carboxylic acid groups (broad SMARTS) is 1. The number of aromatic carboxylic acids is 1. The Labute approximate surface area is 222 Å². The number of hydrogen-bond donors (Lipinski definition) is 2. The van der Waals surface area contributed by atoms with Gasteiger partial charge in [-0.05, 0) is 54.5 Å². The molecule has 0 aliphatic heterocycles. The summed E-state index contributed by atoms with van der Waals surface area (Å²) >= 11 is 0. The molecule has 0 unspecified atom stereocenters. The number of benzene rings is 2. The van der Waals surface area contributed by atoms with Crippen molar-refractivity contribution in [3.63, 3.8) is 0 Å². The first-order valence-corrected chi connectivity index (χ1v) is 14.1. The van der Waals surface area contributed by atoms with E-state index in [1.165, 1.54) is 55.8 Å². The predicted molar refractivity (Wildman–Crippen MR) is 152 cm³/mol. The largest absolute Gasteiger partial charge is 0.478 e. The Morgan fingerprint density at radius 3 is 2.08 bits per heavy atom. The summed E-state index contributed by atoms with van der Waals surface area (Å²) in [6.07, 6.45) is 16.7. The Hall–Kier alpha value is -3.08. The highest BCUT2D eigenvalue weighted by Gasteiger charge is 2.18. The van der Waals surface area contributed by atoms with E-state index in [1.54, 1.807) is 12.1 Å². The van der Waals surface area contributed by atoms with Crippen molar-refractivity contribution in [3.8, 4) is 0 Å². The van der Waals surface area contributed by atoms with Crippen LogP contribution in [0.3, 0.4) is 0 Å². The quantitative estimate of drug-likeness (QED) is 0.150. The molecule has 0 fully saturated rings. The van der Waals surface area contributed by atoms with E-state index < -0.39 is 11.9 Å². The number of aromatic nitrogens is 1. The number of carboxylic acids is 1. The van der Waals surface area contributed by atoms with Gasteiger partial charge in [-0.1, -0.05) is 102 Å². The van der Waals surface area contributed by atoms with Gasteiger partial charge in [0.1, 0.15) is 0 Å². The molecule has 0 saturated heterocycles. The zero-order chi connectivity index (χ0) is 26.7. The van der Waals surface area contributed by atoms with Gasteiger partial charge in [-0.25, -0.2) is 9.59 Å². The molecule has 0 radical (unpaired) electrons. The van der Waals surface area contributed by atoms with E-state index in [0.717, 1.165) is 44.1 Å². The molecule has 3 aromatic rings. The summed E-state index contributed by atoms with van der Waals surface area (Å²) in [7, 11) is 0. The summed E-state index contributed by atoms with van der Waals surface area (Å²) in [5, 5.41) is 10.8. The number of esters is 1. The SMILES string of the molecule is CCCCCCCCOC(=O)c1ccc(CCCCCCCC)cc1C(=O)O.c1ccc2[nH]ccc2c1. The lowest BCUT2D eigenvalue weighted by Gasteiger charge is -2.10. The Kier molecular flexibility index (Phi) is 14.8. The van der Waals surface area contributed by atoms with E-state index in [2.05, 4.69) is 37.0 Å². The molecule has 37 heavy (non-hydrogen) atoms. The molecule has 5 heteroatoms. The molecule has 2 N–H and O–H groups in total. The monoisotopic (exact) mass is 507 g/mol. The maximum Gasteiger partial charge on any atom is 0.339 e. The van der Waals surface area contributed by atoms with Gasteiger partial charge in [0.25, 0.3) is 0 Å². The van der Waals surface area contributed by atoms with Crippen molar-refractivity contribution in [2.75, 3.05) is 6.61 Å². The van der Waals surface area contributed by atoms with Gasteiger partial charge in [0, 0.05) is 11.7 Å². The standard InChI is InChI=1S/C24H38O4.C8H7N/c1-3-5-7-9-11-13-15-20-16-17-21(22(19-20)23(25)26)24(27)28-18-14-12-10-8-6-4-2;1-2-4-8-7(3-1)5-6-9-8/h16-17,19H,3-15,18H2,1-2H3,(H,25,26);1-6,9H. The maximum atomic E-state index is 12.3. The van der Waals surface area contributed by atoms with Crippen molar-refractivity contribution < 1.29 is 19.4 Å². The fourth-order valence-corrected chi connectivity index (χ4v) is 4.33. The Balaban J connectivity index is 0.000000439. The van der Waals surface area contributed by atoms with Gasteiger partial charge in [0.15, 0.2) is 0 Å². The average molecular weight is 508 g/mol. The number of aryl methyl sites for hydroxylation is 1. The number of carbonyl (C=O) groups excluding carboxylic acids is 1. The lowest BCUT2D eigenvalue weighted by molar-refractivity contribution is 0.0487. The van der Waals surface area contributed by atoms with Crippen molar-refractivity contribution >= 4 is 22.8 Å². The smallest absolute Gasteiger partial charge is 0.339 e. The molecular weight excluding hydrogens is 462 g/mol. The molecule has 0 aliphatic carbocycles. The molecule has 1 heterocycles. The van der Waals surface area contributed by atoms with Gasteiger partial charge in [0.05, 0.1) is 17.7 Å². The third kappa shape index (κ3) is 11.7. The number of H-pyrrole nitrogens is 1. The van der Waals surface area contributed by atoms with Crippen LogP contribution in [0.2, 0.25) is 0 Å². The van der Waals surface area contributed by atoms with E-state index in [-0.39, 0.29) is 11.1 Å². The highest BCUT2D eigenvalue weighted by Crippen LogP contribution is 2.17. The zero-order valence-electron chi connectivity index (χ0n) is 22.8. The van der Waals surface area contributed by atoms with Crippen molar-refractivity contribution in [3.05, 3.63) is 71.4 Å². The first-order chi connectivity index (χ1) is 18.1. The highest BCUT2D eigenvalue weighted by molar-refractivity contribution is 6.02. The van der Waals surface area contributed by atoms with Crippen molar-refractivity contribution in [1.29, 1.82) is 0 Å². The fourth-order valence-electron chi connectivity index (χ4n) is 4.33. The van der Waals surface area contributed by atoms with Gasteiger partial charge < -0.3 is 14.8 Å². The van der Waals surface area contributed by atoms with Crippen LogP contribution in [-0.2, 0) is 11.2 Å². The number of para-hydroxylation sites is 1. The molecule has 1 aromatic heterocycles. The van der Waals surface area contributed by atoms with Crippen LogP contribution in [0.5, 0.6) is 0 Å². The van der Waals surface area contributed by atoms with E-state index >= 15 is 0 Å². The number of ether oxygens (including phenoxy) is 1. The summed E-state index contributed by atoms with van der Waals surface area (Å²) in [6.45, 7) is 4.73. The average Bonchev–Trinajstić information content (AvgIpc) is 3.39. The Bertz CT molecular complexity index is 1030. The zero-order valence-corrected chi connectivity index (χ0v) is 22.8. The fraction of sp³-hybridized carbons (Fsp3) is 0.500. The lowest BCUT2D eigenvalue weighted by Crippen LogP contribution is -2.13. The predicted octanol–water partition coefficient (Wildman–Crippen LogP) is 8.97. The number of nitrogens with one attached hydrogen (secondary N) is 1.